The number of nitrogens with zero attached hydrogens (tertiary/aromatic N) is 3. The topological polar surface area (TPSA) is 104 Å². The fourth-order valence-electron chi connectivity index (χ4n) is 4.20. The second-order valence-corrected chi connectivity index (χ2v) is 9.24. The van der Waals surface area contributed by atoms with Crippen molar-refractivity contribution < 1.29 is 18.7 Å². The molecular formula is C26H30N4O4. The van der Waals surface area contributed by atoms with Gasteiger partial charge in [-0.1, -0.05) is 19.1 Å². The molecule has 1 aliphatic carbocycles. The van der Waals surface area contributed by atoms with Gasteiger partial charge in [0.2, 0.25) is 5.88 Å². The van der Waals surface area contributed by atoms with Gasteiger partial charge in [0.05, 0.1) is 19.3 Å². The number of hydrogen-bond acceptors (Lipinski definition) is 8. The number of benzene rings is 1. The van der Waals surface area contributed by atoms with Crippen LogP contribution in [-0.4, -0.2) is 41.6 Å². The van der Waals surface area contributed by atoms with Crippen molar-refractivity contribution >= 4 is 17.5 Å². The van der Waals surface area contributed by atoms with Gasteiger partial charge in [-0.2, -0.15) is 0 Å². The smallest absolute Gasteiger partial charge is 0.292 e. The Balaban J connectivity index is 1.13. The summed E-state index contributed by atoms with van der Waals surface area (Å²) >= 11 is 0. The van der Waals surface area contributed by atoms with Crippen LogP contribution in [0.2, 0.25) is 0 Å². The molecule has 8 nitrogen and oxygen atoms in total. The third-order valence-corrected chi connectivity index (χ3v) is 6.43. The van der Waals surface area contributed by atoms with Gasteiger partial charge >= 0.3 is 0 Å². The van der Waals surface area contributed by atoms with E-state index in [0.717, 1.165) is 43.1 Å². The number of nitrogen functional groups attached to an aromatic ring is 1. The molecule has 8 heteroatoms. The summed E-state index contributed by atoms with van der Waals surface area (Å²) in [7, 11) is 0. The molecule has 2 aromatic heterocycles. The van der Waals surface area contributed by atoms with Crippen molar-refractivity contribution in [3.05, 3.63) is 60.1 Å². The van der Waals surface area contributed by atoms with E-state index in [2.05, 4.69) is 14.9 Å². The van der Waals surface area contributed by atoms with E-state index in [1.807, 2.05) is 49.5 Å². The molecule has 34 heavy (non-hydrogen) atoms. The van der Waals surface area contributed by atoms with Gasteiger partial charge in [0, 0.05) is 37.3 Å². The number of rotatable bonds is 10. The average molecular weight is 463 g/mol. The summed E-state index contributed by atoms with van der Waals surface area (Å²) in [5.41, 5.74) is 7.65. The van der Waals surface area contributed by atoms with E-state index >= 15 is 0 Å². The van der Waals surface area contributed by atoms with Gasteiger partial charge in [-0.05, 0) is 48.4 Å². The average Bonchev–Trinajstić information content (AvgIpc) is 3.39. The second kappa shape index (κ2) is 9.75. The molecule has 178 valence electrons. The lowest BCUT2D eigenvalue weighted by molar-refractivity contribution is 0.0949. The number of carbonyl (C=O) groups is 1. The maximum atomic E-state index is 12.3. The summed E-state index contributed by atoms with van der Waals surface area (Å²) in [4.78, 5) is 22.8. The number of aromatic nitrogens is 2. The SMILES string of the molecule is C[C@H](CC(=O)c1cnc(N)o1)c1ccc(OC2CCN(c3ccnc(OCC4CC4)c3)C2)cc1. The number of hydrogen-bond donors (Lipinski definition) is 1. The van der Waals surface area contributed by atoms with Crippen molar-refractivity contribution in [1.29, 1.82) is 0 Å². The van der Waals surface area contributed by atoms with Crippen LogP contribution < -0.4 is 20.1 Å². The predicted molar refractivity (Wildman–Crippen MR) is 128 cm³/mol. The molecule has 0 spiro atoms. The molecule has 0 radical (unpaired) electrons. The van der Waals surface area contributed by atoms with Crippen molar-refractivity contribution in [3.8, 4) is 11.6 Å². The zero-order valence-electron chi connectivity index (χ0n) is 19.4. The van der Waals surface area contributed by atoms with Gasteiger partial charge in [-0.3, -0.25) is 4.79 Å². The molecule has 1 saturated carbocycles. The molecule has 1 aliphatic heterocycles. The highest BCUT2D eigenvalue weighted by molar-refractivity contribution is 5.93. The zero-order chi connectivity index (χ0) is 23.5. The Kier molecular flexibility index (Phi) is 6.38. The summed E-state index contributed by atoms with van der Waals surface area (Å²) in [6, 6.07) is 12.0. The van der Waals surface area contributed by atoms with Gasteiger partial charge in [0.15, 0.2) is 11.5 Å². The zero-order valence-corrected chi connectivity index (χ0v) is 19.4. The lowest BCUT2D eigenvalue weighted by Gasteiger charge is -2.20. The van der Waals surface area contributed by atoms with Crippen LogP contribution in [0.25, 0.3) is 0 Å². The van der Waals surface area contributed by atoms with Crippen molar-refractivity contribution in [1.82, 2.24) is 9.97 Å². The first-order valence-electron chi connectivity index (χ1n) is 11.9. The van der Waals surface area contributed by atoms with E-state index in [4.69, 9.17) is 19.6 Å². The van der Waals surface area contributed by atoms with Crippen LogP contribution in [0.3, 0.4) is 0 Å². The van der Waals surface area contributed by atoms with Crippen LogP contribution in [0.15, 0.2) is 53.2 Å². The number of ether oxygens (including phenoxy) is 2. The van der Waals surface area contributed by atoms with E-state index < -0.39 is 0 Å². The normalized spacial score (nSPS) is 18.6. The van der Waals surface area contributed by atoms with Gasteiger partial charge < -0.3 is 24.5 Å². The summed E-state index contributed by atoms with van der Waals surface area (Å²) in [6.07, 6.45) is 7.11. The maximum Gasteiger partial charge on any atom is 0.292 e. The molecule has 2 atom stereocenters. The lowest BCUT2D eigenvalue weighted by atomic mass is 9.95. The minimum absolute atomic E-state index is 0.00858. The highest BCUT2D eigenvalue weighted by Gasteiger charge is 2.26. The molecule has 1 aromatic carbocycles. The summed E-state index contributed by atoms with van der Waals surface area (Å²) in [5, 5.41) is 0. The van der Waals surface area contributed by atoms with Crippen molar-refractivity contribution in [2.24, 2.45) is 5.92 Å². The molecule has 3 aromatic rings. The van der Waals surface area contributed by atoms with Crippen LogP contribution in [0.4, 0.5) is 11.7 Å². The molecule has 2 fully saturated rings. The third kappa shape index (κ3) is 5.50. The van der Waals surface area contributed by atoms with Crippen molar-refractivity contribution in [2.45, 2.75) is 44.6 Å². The van der Waals surface area contributed by atoms with E-state index in [-0.39, 0.29) is 29.6 Å². The van der Waals surface area contributed by atoms with Crippen LogP contribution in [-0.2, 0) is 0 Å². The quantitative estimate of drug-likeness (QED) is 0.440. The monoisotopic (exact) mass is 462 g/mol. The Morgan fingerprint density at radius 1 is 1.21 bits per heavy atom. The fourth-order valence-corrected chi connectivity index (χ4v) is 4.20. The van der Waals surface area contributed by atoms with Gasteiger partial charge in [0.1, 0.15) is 11.9 Å². The summed E-state index contributed by atoms with van der Waals surface area (Å²) < 4.78 is 17.2. The van der Waals surface area contributed by atoms with Crippen LogP contribution in [0.5, 0.6) is 11.6 Å². The Hall–Kier alpha value is -3.55. The first kappa shape index (κ1) is 22.3. The Bertz CT molecular complexity index is 1130. The molecule has 5 rings (SSSR count). The number of carbonyl (C=O) groups excluding carboxylic acids is 1. The third-order valence-electron chi connectivity index (χ3n) is 6.43. The number of ketones is 1. The van der Waals surface area contributed by atoms with Gasteiger partial charge in [-0.15, -0.1) is 0 Å². The van der Waals surface area contributed by atoms with E-state index in [9.17, 15) is 4.79 Å². The van der Waals surface area contributed by atoms with E-state index in [0.29, 0.717) is 18.2 Å². The number of nitrogens with two attached hydrogens (primary N) is 1. The minimum atomic E-state index is -0.111. The van der Waals surface area contributed by atoms with Crippen molar-refractivity contribution in [2.75, 3.05) is 30.3 Å². The molecule has 2 N–H and O–H groups in total. The lowest BCUT2D eigenvalue weighted by Crippen LogP contribution is -2.24. The van der Waals surface area contributed by atoms with Crippen LogP contribution in [0.1, 0.15) is 54.6 Å². The molecule has 3 heterocycles. The predicted octanol–water partition coefficient (Wildman–Crippen LogP) is 4.47. The number of anilines is 2. The fraction of sp³-hybridized carbons (Fsp3) is 0.423. The number of pyridine rings is 1. The maximum absolute atomic E-state index is 12.3. The molecule has 0 amide bonds. The van der Waals surface area contributed by atoms with E-state index in [1.54, 1.807) is 0 Å². The first-order valence-corrected chi connectivity index (χ1v) is 11.9. The Labute approximate surface area is 199 Å². The van der Waals surface area contributed by atoms with Crippen LogP contribution in [0, 0.1) is 5.92 Å². The molecule has 2 aliphatic rings. The van der Waals surface area contributed by atoms with Crippen LogP contribution >= 0.6 is 0 Å². The first-order chi connectivity index (χ1) is 16.5. The van der Waals surface area contributed by atoms with E-state index in [1.165, 1.54) is 19.0 Å². The minimum Gasteiger partial charge on any atom is -0.489 e. The Morgan fingerprint density at radius 3 is 2.76 bits per heavy atom. The molecule has 1 saturated heterocycles. The molecular weight excluding hydrogens is 432 g/mol. The molecule has 0 bridgehead atoms. The highest BCUT2D eigenvalue weighted by Crippen LogP contribution is 2.31. The standard InChI is InChI=1S/C26H30N4O4/c1-17(12-23(31)24-14-29-26(27)34-24)19-4-6-21(7-5-19)33-22-9-11-30(15-22)20-8-10-28-25(13-20)32-16-18-2-3-18/h4-8,10,13-14,17-18,22H,2-3,9,11-12,15-16H2,1H3,(H2,27,29)/t17-,22?/m1/s1. The largest absolute Gasteiger partial charge is 0.489 e. The summed E-state index contributed by atoms with van der Waals surface area (Å²) in [6.45, 7) is 4.53. The number of Topliss-reactive ketones (excluding diaryl/α,β-unsaturated/α-hetero) is 1. The van der Waals surface area contributed by atoms with Crippen molar-refractivity contribution in [3.63, 3.8) is 0 Å². The summed E-state index contributed by atoms with van der Waals surface area (Å²) in [5.74, 6) is 2.37. The number of oxazole rings is 1. The second-order valence-electron chi connectivity index (χ2n) is 9.24. The Morgan fingerprint density at radius 2 is 2.03 bits per heavy atom. The molecule has 1 unspecified atom stereocenters. The van der Waals surface area contributed by atoms with Gasteiger partial charge in [0.25, 0.3) is 6.01 Å². The van der Waals surface area contributed by atoms with Gasteiger partial charge in [-0.25, -0.2) is 9.97 Å². The highest BCUT2D eigenvalue weighted by atomic mass is 16.5.